The lowest BCUT2D eigenvalue weighted by Crippen LogP contribution is -2.25. The number of sulfonamides is 1. The van der Waals surface area contributed by atoms with E-state index in [2.05, 4.69) is 18.6 Å². The topological polar surface area (TPSA) is 72.2 Å². The number of benzene rings is 1. The van der Waals surface area contributed by atoms with E-state index in [0.717, 1.165) is 31.4 Å². The number of nitrogens with two attached hydrogens (primary N) is 1. The summed E-state index contributed by atoms with van der Waals surface area (Å²) in [6.07, 6.45) is 5.28. The molecule has 120 valence electrons. The zero-order valence-electron chi connectivity index (χ0n) is 12.7. The Kier molecular flexibility index (Phi) is 7.11. The van der Waals surface area contributed by atoms with Gasteiger partial charge in [0.05, 0.1) is 5.69 Å². The van der Waals surface area contributed by atoms with Gasteiger partial charge in [-0.25, -0.2) is 17.5 Å². The van der Waals surface area contributed by atoms with Gasteiger partial charge in [0, 0.05) is 6.54 Å². The van der Waals surface area contributed by atoms with Crippen molar-refractivity contribution in [3.63, 3.8) is 0 Å². The quantitative estimate of drug-likeness (QED) is 0.542. The Morgan fingerprint density at radius 1 is 1.19 bits per heavy atom. The van der Waals surface area contributed by atoms with Crippen LogP contribution >= 0.6 is 0 Å². The van der Waals surface area contributed by atoms with Crippen molar-refractivity contribution in [1.29, 1.82) is 0 Å². The van der Waals surface area contributed by atoms with Gasteiger partial charge in [0.2, 0.25) is 10.0 Å². The third-order valence-electron chi connectivity index (χ3n) is 3.26. The molecule has 0 amide bonds. The molecule has 0 bridgehead atoms. The molecule has 0 saturated heterocycles. The molecule has 0 radical (unpaired) electrons. The minimum atomic E-state index is -3.66. The second-order valence-electron chi connectivity index (χ2n) is 5.68. The molecule has 0 atom stereocenters. The van der Waals surface area contributed by atoms with Crippen molar-refractivity contribution in [2.75, 3.05) is 12.3 Å². The van der Waals surface area contributed by atoms with Crippen molar-refractivity contribution < 1.29 is 12.8 Å². The summed E-state index contributed by atoms with van der Waals surface area (Å²) in [6.45, 7) is 4.77. The van der Waals surface area contributed by atoms with Gasteiger partial charge in [0.15, 0.2) is 0 Å². The summed E-state index contributed by atoms with van der Waals surface area (Å²) in [5.74, 6) is 0.168. The molecule has 1 aromatic rings. The van der Waals surface area contributed by atoms with E-state index in [1.807, 2.05) is 0 Å². The number of unbranched alkanes of at least 4 members (excludes halogenated alkanes) is 3. The maximum atomic E-state index is 12.9. The average Bonchev–Trinajstić information content (AvgIpc) is 2.36. The van der Waals surface area contributed by atoms with Crippen molar-refractivity contribution in [2.24, 2.45) is 5.92 Å². The van der Waals surface area contributed by atoms with Crippen LogP contribution in [0.3, 0.4) is 0 Å². The normalized spacial score (nSPS) is 12.0. The van der Waals surface area contributed by atoms with Gasteiger partial charge >= 0.3 is 0 Å². The first kappa shape index (κ1) is 17.9. The highest BCUT2D eigenvalue weighted by Gasteiger charge is 2.16. The summed E-state index contributed by atoms with van der Waals surface area (Å²) in [4.78, 5) is -0.0660. The number of hydrogen-bond acceptors (Lipinski definition) is 3. The number of anilines is 1. The number of hydrogen-bond donors (Lipinski definition) is 2. The largest absolute Gasteiger partial charge is 0.398 e. The van der Waals surface area contributed by atoms with E-state index in [1.165, 1.54) is 18.9 Å². The zero-order valence-corrected chi connectivity index (χ0v) is 13.5. The average molecular weight is 316 g/mol. The SMILES string of the molecule is CC(C)CCCCCCNS(=O)(=O)c1ccc(F)cc1N. The van der Waals surface area contributed by atoms with Crippen molar-refractivity contribution in [1.82, 2.24) is 4.72 Å². The van der Waals surface area contributed by atoms with Gasteiger partial charge < -0.3 is 5.73 Å². The van der Waals surface area contributed by atoms with Crippen molar-refractivity contribution in [3.05, 3.63) is 24.0 Å². The van der Waals surface area contributed by atoms with Crippen LogP contribution in [0.1, 0.15) is 46.0 Å². The molecule has 0 heterocycles. The monoisotopic (exact) mass is 316 g/mol. The summed E-state index contributed by atoms with van der Waals surface area (Å²) >= 11 is 0. The first-order valence-electron chi connectivity index (χ1n) is 7.37. The smallest absolute Gasteiger partial charge is 0.242 e. The molecule has 1 rings (SSSR count). The van der Waals surface area contributed by atoms with Crippen LogP contribution in [0, 0.1) is 11.7 Å². The molecule has 0 aliphatic heterocycles. The molecular weight excluding hydrogens is 291 g/mol. The Morgan fingerprint density at radius 3 is 2.48 bits per heavy atom. The minimum absolute atomic E-state index is 0.0660. The van der Waals surface area contributed by atoms with E-state index in [0.29, 0.717) is 12.5 Å². The number of rotatable bonds is 9. The molecule has 0 spiro atoms. The van der Waals surface area contributed by atoms with Crippen LogP contribution in [-0.2, 0) is 10.0 Å². The molecule has 3 N–H and O–H groups in total. The third kappa shape index (κ3) is 6.44. The van der Waals surface area contributed by atoms with E-state index < -0.39 is 15.8 Å². The van der Waals surface area contributed by atoms with Gasteiger partial charge in [-0.05, 0) is 30.5 Å². The minimum Gasteiger partial charge on any atom is -0.398 e. The Hall–Kier alpha value is -1.14. The summed E-state index contributed by atoms with van der Waals surface area (Å²) in [7, 11) is -3.66. The lowest BCUT2D eigenvalue weighted by atomic mass is 10.0. The number of halogens is 1. The van der Waals surface area contributed by atoms with E-state index in [4.69, 9.17) is 5.73 Å². The molecule has 0 saturated carbocycles. The zero-order chi connectivity index (χ0) is 15.9. The summed E-state index contributed by atoms with van der Waals surface area (Å²) in [5.41, 5.74) is 5.48. The maximum Gasteiger partial charge on any atom is 0.242 e. The molecule has 0 unspecified atom stereocenters. The van der Waals surface area contributed by atoms with E-state index in [9.17, 15) is 12.8 Å². The molecule has 21 heavy (non-hydrogen) atoms. The molecule has 0 aliphatic rings. The molecule has 0 fully saturated rings. The fourth-order valence-corrected chi connectivity index (χ4v) is 3.26. The van der Waals surface area contributed by atoms with Gasteiger partial charge in [-0.15, -0.1) is 0 Å². The Balaban J connectivity index is 2.37. The van der Waals surface area contributed by atoms with Gasteiger partial charge in [-0.2, -0.15) is 0 Å². The van der Waals surface area contributed by atoms with Crippen LogP contribution in [0.25, 0.3) is 0 Å². The summed E-state index contributed by atoms with van der Waals surface area (Å²) in [6, 6.07) is 3.30. The highest BCUT2D eigenvalue weighted by atomic mass is 32.2. The summed E-state index contributed by atoms with van der Waals surface area (Å²) < 4.78 is 39.5. The highest BCUT2D eigenvalue weighted by Crippen LogP contribution is 2.19. The fourth-order valence-electron chi connectivity index (χ4n) is 2.08. The lowest BCUT2D eigenvalue weighted by molar-refractivity contribution is 0.517. The van der Waals surface area contributed by atoms with E-state index in [1.54, 1.807) is 0 Å². The third-order valence-corrected chi connectivity index (χ3v) is 4.80. The van der Waals surface area contributed by atoms with E-state index in [-0.39, 0.29) is 10.6 Å². The van der Waals surface area contributed by atoms with Crippen LogP contribution in [0.15, 0.2) is 23.1 Å². The van der Waals surface area contributed by atoms with E-state index >= 15 is 0 Å². The summed E-state index contributed by atoms with van der Waals surface area (Å²) in [5, 5.41) is 0. The Bertz CT molecular complexity index is 545. The molecule has 4 nitrogen and oxygen atoms in total. The van der Waals surface area contributed by atoms with Gasteiger partial charge in [-0.3, -0.25) is 0 Å². The van der Waals surface area contributed by atoms with Crippen LogP contribution in [0.4, 0.5) is 10.1 Å². The Morgan fingerprint density at radius 2 is 1.86 bits per heavy atom. The van der Waals surface area contributed by atoms with Gasteiger partial charge in [-0.1, -0.05) is 39.5 Å². The van der Waals surface area contributed by atoms with Crippen LogP contribution in [0.2, 0.25) is 0 Å². The predicted molar refractivity (Wildman–Crippen MR) is 83.9 cm³/mol. The second kappa shape index (κ2) is 8.34. The van der Waals surface area contributed by atoms with Crippen molar-refractivity contribution >= 4 is 15.7 Å². The van der Waals surface area contributed by atoms with Crippen LogP contribution in [-0.4, -0.2) is 15.0 Å². The molecule has 0 aromatic heterocycles. The maximum absolute atomic E-state index is 12.9. The molecule has 1 aromatic carbocycles. The fraction of sp³-hybridized carbons (Fsp3) is 0.600. The van der Waals surface area contributed by atoms with Crippen molar-refractivity contribution in [3.8, 4) is 0 Å². The first-order valence-corrected chi connectivity index (χ1v) is 8.86. The number of nitrogens with one attached hydrogen (secondary N) is 1. The standard InChI is InChI=1S/C15H25FN2O2S/c1-12(2)7-5-3-4-6-10-18-21(19,20)15-9-8-13(16)11-14(15)17/h8-9,11-12,18H,3-7,10,17H2,1-2H3. The van der Waals surface area contributed by atoms with Crippen LogP contribution < -0.4 is 10.5 Å². The molecule has 0 aliphatic carbocycles. The Labute approximate surface area is 127 Å². The second-order valence-corrected chi connectivity index (χ2v) is 7.41. The van der Waals surface area contributed by atoms with Gasteiger partial charge in [0.1, 0.15) is 10.7 Å². The van der Waals surface area contributed by atoms with Crippen molar-refractivity contribution in [2.45, 2.75) is 50.8 Å². The first-order chi connectivity index (χ1) is 9.83. The highest BCUT2D eigenvalue weighted by molar-refractivity contribution is 7.89. The van der Waals surface area contributed by atoms with Crippen LogP contribution in [0.5, 0.6) is 0 Å². The predicted octanol–water partition coefficient (Wildman–Crippen LogP) is 3.29. The molecule has 6 heteroatoms. The lowest BCUT2D eigenvalue weighted by Gasteiger charge is -2.09. The van der Waals surface area contributed by atoms with Gasteiger partial charge in [0.25, 0.3) is 0 Å². The number of nitrogen functional groups attached to an aromatic ring is 1. The molecular formula is C15H25FN2O2S.